The molecule has 0 aliphatic heterocycles. The molecule has 0 aromatic heterocycles. The van der Waals surface area contributed by atoms with Gasteiger partial charge in [-0.3, -0.25) is 4.79 Å². The Morgan fingerprint density at radius 1 is 1.29 bits per heavy atom. The van der Waals surface area contributed by atoms with E-state index in [0.29, 0.717) is 0 Å². The van der Waals surface area contributed by atoms with Gasteiger partial charge in [0.15, 0.2) is 0 Å². The maximum absolute atomic E-state index is 12.9. The normalized spacial score (nSPS) is 12.5. The molecule has 0 aliphatic rings. The van der Waals surface area contributed by atoms with Crippen LogP contribution < -0.4 is 0 Å². The van der Waals surface area contributed by atoms with E-state index in [4.69, 9.17) is 0 Å². The number of esters is 1. The molecular weight excluding hydrogens is 302 g/mol. The van der Waals surface area contributed by atoms with Crippen molar-refractivity contribution >= 4 is 29.4 Å². The van der Waals surface area contributed by atoms with E-state index < -0.39 is 22.7 Å². The highest BCUT2D eigenvalue weighted by Gasteiger charge is 2.40. The van der Waals surface area contributed by atoms with Crippen molar-refractivity contribution in [2.75, 3.05) is 6.61 Å². The van der Waals surface area contributed by atoms with Crippen LogP contribution in [0, 0.1) is 0 Å². The van der Waals surface area contributed by atoms with E-state index in [-0.39, 0.29) is 6.61 Å². The second-order valence-corrected chi connectivity index (χ2v) is 4.37. The molecule has 0 saturated carbocycles. The van der Waals surface area contributed by atoms with Crippen molar-refractivity contribution in [1.29, 1.82) is 0 Å². The molecule has 21 heavy (non-hydrogen) atoms. The van der Waals surface area contributed by atoms with Gasteiger partial charge in [-0.05, 0) is 30.2 Å². The van der Waals surface area contributed by atoms with E-state index in [0.717, 1.165) is 11.6 Å². The predicted octanol–water partition coefficient (Wildman–Crippen LogP) is 3.59. The summed E-state index contributed by atoms with van der Waals surface area (Å²) in [6.45, 7) is 1.46. The smallest absolute Gasteiger partial charge is 0.385 e. The van der Waals surface area contributed by atoms with Crippen LogP contribution in [0.5, 0.6) is 0 Å². The number of Topliss-reactive ketones (excluding diaryl/α,β-unsaturated/α-hetero) is 1. The van der Waals surface area contributed by atoms with Crippen LogP contribution in [0.3, 0.4) is 0 Å². The molecule has 0 bridgehead atoms. The van der Waals surface area contributed by atoms with Gasteiger partial charge in [-0.15, -0.1) is 0 Å². The number of alkyl halides is 3. The first kappa shape index (κ1) is 17.0. The Balaban J connectivity index is 3.01. The van der Waals surface area contributed by atoms with Gasteiger partial charge in [-0.1, -0.05) is 42.5 Å². The third-order valence-corrected chi connectivity index (χ3v) is 2.52. The minimum absolute atomic E-state index is 0.0420. The topological polar surface area (TPSA) is 43.4 Å². The van der Waals surface area contributed by atoms with Crippen molar-refractivity contribution < 1.29 is 23.1 Å². The number of ketones is 1. The summed E-state index contributed by atoms with van der Waals surface area (Å²) in [5.41, 5.74) is -0.0222. The Labute approximate surface area is 125 Å². The number of ether oxygens (including phenoxy) is 1. The molecule has 112 valence electrons. The number of rotatable bonds is 6. The van der Waals surface area contributed by atoms with Crippen LogP contribution in [0.25, 0.3) is 6.08 Å². The lowest BCUT2D eigenvalue weighted by atomic mass is 10.1. The van der Waals surface area contributed by atoms with Crippen LogP contribution in [0.1, 0.15) is 12.5 Å². The van der Waals surface area contributed by atoms with Gasteiger partial charge in [-0.25, -0.2) is 4.79 Å². The number of hydrogen-bond acceptors (Lipinski definition) is 3. The molecule has 0 heterocycles. The minimum Gasteiger partial charge on any atom is -0.462 e. The molecule has 0 aliphatic carbocycles. The van der Waals surface area contributed by atoms with Crippen molar-refractivity contribution in [2.24, 2.45) is 0 Å². The third-order valence-electron chi connectivity index (χ3n) is 2.35. The van der Waals surface area contributed by atoms with Crippen LogP contribution in [0.15, 0.2) is 48.1 Å². The Kier molecular flexibility index (Phi) is 6.24. The standard InChI is InChI=1S/C15H13ClF2O3/c1-2-21-14(20)12(13(19)15(16,17)18)10-6-9-11-7-4-3-5-8-11/h3-10H,2H2,1H3/b9-6+,12-10-. The fraction of sp³-hybridized carbons (Fsp3) is 0.200. The summed E-state index contributed by atoms with van der Waals surface area (Å²) in [7, 11) is 0. The molecule has 0 unspecified atom stereocenters. The monoisotopic (exact) mass is 314 g/mol. The van der Waals surface area contributed by atoms with Gasteiger partial charge < -0.3 is 4.74 Å². The largest absolute Gasteiger partial charge is 0.462 e. The second kappa shape index (κ2) is 7.69. The van der Waals surface area contributed by atoms with Gasteiger partial charge in [0, 0.05) is 0 Å². The summed E-state index contributed by atoms with van der Waals surface area (Å²) in [4.78, 5) is 23.0. The zero-order valence-corrected chi connectivity index (χ0v) is 11.9. The van der Waals surface area contributed by atoms with Gasteiger partial charge in [0.25, 0.3) is 5.78 Å². The molecule has 0 amide bonds. The van der Waals surface area contributed by atoms with E-state index in [2.05, 4.69) is 16.3 Å². The van der Waals surface area contributed by atoms with Crippen LogP contribution in [0.2, 0.25) is 0 Å². The summed E-state index contributed by atoms with van der Waals surface area (Å²) in [6.07, 6.45) is 3.82. The summed E-state index contributed by atoms with van der Waals surface area (Å²) in [5.74, 6) is -2.93. The molecular formula is C15H13ClF2O3. The summed E-state index contributed by atoms with van der Waals surface area (Å²) in [5, 5.41) is -4.15. The van der Waals surface area contributed by atoms with E-state index in [1.165, 1.54) is 13.0 Å². The van der Waals surface area contributed by atoms with Crippen molar-refractivity contribution in [2.45, 2.75) is 12.3 Å². The first-order valence-corrected chi connectivity index (χ1v) is 6.46. The molecule has 0 fully saturated rings. The van der Waals surface area contributed by atoms with Crippen LogP contribution in [-0.4, -0.2) is 23.7 Å². The summed E-state index contributed by atoms with van der Waals surface area (Å²) >= 11 is 4.66. The van der Waals surface area contributed by atoms with E-state index in [1.54, 1.807) is 30.3 Å². The molecule has 1 aromatic rings. The molecule has 1 rings (SSSR count). The average Bonchev–Trinajstić information content (AvgIpc) is 2.43. The van der Waals surface area contributed by atoms with Crippen molar-refractivity contribution in [3.8, 4) is 0 Å². The molecule has 0 radical (unpaired) electrons. The lowest BCUT2D eigenvalue weighted by Gasteiger charge is -2.09. The number of halogens is 3. The number of carbonyl (C=O) groups is 2. The Morgan fingerprint density at radius 2 is 1.90 bits per heavy atom. The highest BCUT2D eigenvalue weighted by atomic mass is 35.5. The Morgan fingerprint density at radius 3 is 2.43 bits per heavy atom. The maximum Gasteiger partial charge on any atom is 0.385 e. The predicted molar refractivity (Wildman–Crippen MR) is 76.0 cm³/mol. The highest BCUT2D eigenvalue weighted by molar-refractivity contribution is 6.39. The number of carbonyl (C=O) groups excluding carboxylic acids is 2. The number of hydrogen-bond donors (Lipinski definition) is 0. The molecule has 6 heteroatoms. The van der Waals surface area contributed by atoms with Crippen molar-refractivity contribution in [3.05, 3.63) is 53.6 Å². The summed E-state index contributed by atoms with van der Waals surface area (Å²) < 4.78 is 30.3. The lowest BCUT2D eigenvalue weighted by molar-refractivity contribution is -0.142. The zero-order valence-electron chi connectivity index (χ0n) is 11.2. The molecule has 0 spiro atoms. The Bertz CT molecular complexity index is 560. The van der Waals surface area contributed by atoms with Crippen LogP contribution in [0.4, 0.5) is 8.78 Å². The highest BCUT2D eigenvalue weighted by Crippen LogP contribution is 2.24. The number of benzene rings is 1. The Hall–Kier alpha value is -2.01. The first-order chi connectivity index (χ1) is 9.86. The van der Waals surface area contributed by atoms with Gasteiger partial charge in [0.05, 0.1) is 6.61 Å². The van der Waals surface area contributed by atoms with Gasteiger partial charge in [0.2, 0.25) is 0 Å². The van der Waals surface area contributed by atoms with Crippen LogP contribution >= 0.6 is 11.6 Å². The third kappa shape index (κ3) is 5.47. The molecule has 0 atom stereocenters. The number of allylic oxidation sites excluding steroid dienone is 2. The lowest BCUT2D eigenvalue weighted by Crippen LogP contribution is -2.28. The quantitative estimate of drug-likeness (QED) is 0.201. The second-order valence-electron chi connectivity index (χ2n) is 3.90. The SMILES string of the molecule is CCOC(=O)/C(=C\C=C\c1ccccc1)C(=O)C(F)(F)Cl. The van der Waals surface area contributed by atoms with Gasteiger partial charge in [-0.2, -0.15) is 8.78 Å². The molecule has 0 N–H and O–H groups in total. The van der Waals surface area contributed by atoms with E-state index in [9.17, 15) is 18.4 Å². The van der Waals surface area contributed by atoms with Gasteiger partial charge in [0.1, 0.15) is 5.57 Å². The summed E-state index contributed by atoms with van der Waals surface area (Å²) in [6, 6.07) is 8.93. The average molecular weight is 315 g/mol. The van der Waals surface area contributed by atoms with E-state index in [1.807, 2.05) is 6.07 Å². The maximum atomic E-state index is 12.9. The fourth-order valence-corrected chi connectivity index (χ4v) is 1.52. The van der Waals surface area contributed by atoms with Crippen molar-refractivity contribution in [1.82, 2.24) is 0 Å². The van der Waals surface area contributed by atoms with Crippen LogP contribution in [-0.2, 0) is 14.3 Å². The first-order valence-electron chi connectivity index (χ1n) is 6.08. The minimum atomic E-state index is -4.15. The van der Waals surface area contributed by atoms with Gasteiger partial charge >= 0.3 is 11.4 Å². The van der Waals surface area contributed by atoms with Crippen molar-refractivity contribution in [3.63, 3.8) is 0 Å². The molecule has 1 aromatic carbocycles. The molecule has 3 nitrogen and oxygen atoms in total. The zero-order chi connectivity index (χ0) is 15.9. The molecule has 0 saturated heterocycles. The fourth-order valence-electron chi connectivity index (χ4n) is 1.42. The van der Waals surface area contributed by atoms with E-state index >= 15 is 0 Å².